The van der Waals surface area contributed by atoms with Crippen molar-refractivity contribution in [3.05, 3.63) is 140 Å². The summed E-state index contributed by atoms with van der Waals surface area (Å²) in [4.78, 5) is 187. The summed E-state index contributed by atoms with van der Waals surface area (Å²) >= 11 is 0. The van der Waals surface area contributed by atoms with Crippen LogP contribution in [0.2, 0.25) is 0 Å². The molecule has 18 nitrogen and oxygen atoms in total. The summed E-state index contributed by atoms with van der Waals surface area (Å²) < 4.78 is 0. The number of carbonyl (C=O) groups excluding carboxylic acids is 12. The topological polar surface area (TPSA) is 224 Å². The highest BCUT2D eigenvalue weighted by molar-refractivity contribution is 6.37. The van der Waals surface area contributed by atoms with E-state index >= 15 is 57.5 Å². The van der Waals surface area contributed by atoms with Gasteiger partial charge < -0.3 is 0 Å². The largest absolute Gasteiger partial charge is 0.269 e. The quantitative estimate of drug-likeness (QED) is 0.139. The van der Waals surface area contributed by atoms with Crippen molar-refractivity contribution < 1.29 is 57.5 Å². The second kappa shape index (κ2) is 15.3. The molecule has 3 saturated carbocycles. The minimum atomic E-state index is -0.999. The number of imide groups is 6. The smallest absolute Gasteiger partial charge is 0.261 e. The van der Waals surface area contributed by atoms with Gasteiger partial charge in [0, 0.05) is 99.1 Å². The fraction of sp³-hybridized carbons (Fsp3) is 0.300. The lowest BCUT2D eigenvalue weighted by Gasteiger charge is -2.47. The van der Waals surface area contributed by atoms with E-state index in [0.29, 0.717) is 38.5 Å². The second-order valence-electron chi connectivity index (χ2n) is 22.4. The first-order valence-corrected chi connectivity index (χ1v) is 26.8. The number of hydrogen-bond acceptors (Lipinski definition) is 12. The predicted octanol–water partition coefficient (Wildman–Crippen LogP) is 7.07. The fourth-order valence-electron chi connectivity index (χ4n) is 15.6. The van der Waals surface area contributed by atoms with Gasteiger partial charge in [-0.05, 0) is 111 Å². The van der Waals surface area contributed by atoms with Crippen LogP contribution >= 0.6 is 0 Å². The Labute approximate surface area is 441 Å². The molecule has 384 valence electrons. The first-order valence-electron chi connectivity index (χ1n) is 26.8. The molecule has 0 radical (unpaired) electrons. The molecule has 12 amide bonds. The molecule has 6 atom stereocenters. The Balaban J connectivity index is 0.894. The van der Waals surface area contributed by atoms with Gasteiger partial charge in [0.2, 0.25) is 0 Å². The zero-order valence-corrected chi connectivity index (χ0v) is 41.5. The van der Waals surface area contributed by atoms with E-state index in [-0.39, 0.29) is 138 Å². The predicted molar refractivity (Wildman–Crippen MR) is 273 cm³/mol. The van der Waals surface area contributed by atoms with Gasteiger partial charge in [0.25, 0.3) is 70.9 Å². The van der Waals surface area contributed by atoms with Crippen LogP contribution in [0.1, 0.15) is 201 Å². The maximum Gasteiger partial charge on any atom is 0.261 e. The maximum atomic E-state index is 15.1. The zero-order chi connectivity index (χ0) is 53.2. The third-order valence-corrected chi connectivity index (χ3v) is 18.9. The van der Waals surface area contributed by atoms with Crippen molar-refractivity contribution in [2.24, 2.45) is 0 Å². The van der Waals surface area contributed by atoms with Gasteiger partial charge in [-0.1, -0.05) is 38.5 Å². The lowest BCUT2D eigenvalue weighted by Crippen LogP contribution is -2.62. The molecule has 3 aliphatic carbocycles. The Kier molecular flexibility index (Phi) is 8.87. The molecule has 6 aromatic rings. The van der Waals surface area contributed by atoms with Crippen LogP contribution in [0.15, 0.2) is 72.8 Å². The molecule has 0 aromatic heterocycles. The number of nitrogens with zero attached hydrogens (tertiary/aromatic N) is 6. The second-order valence-corrected chi connectivity index (χ2v) is 22.4. The van der Waals surface area contributed by atoms with Crippen molar-refractivity contribution in [3.8, 4) is 0 Å². The molecule has 33 rings (SSSR count). The van der Waals surface area contributed by atoms with Crippen LogP contribution in [0, 0.1) is 0 Å². The normalized spacial score (nSPS) is 26.0. The molecule has 0 N–H and O–H groups in total. The number of carbonyl (C=O) groups is 12. The minimum absolute atomic E-state index is 0.0436. The standard InChI is InChI=1S/C60H42N6O12/c67-49-25-13-15-29-45-30-16-14-26(43(25)45)50(68)61(49)37-7-1-2-8-38(37)62-51(69)27-17-19-31-46-32(20-18-28(44(27)46)52(62)70)56(74)64(55(31)73)41-11-5-6-12-42(41)66-59(77)35-23-21-33-47-34(22-24-36(48(35)47)60(66)78)58(76)65(57(33)75)40-10-4-3-9-39(40)63(53(29)71)54(30)72/h13-24,37-42H,1-12H2/t37-,38?,39?,40?,41?,42?/m1/s1. The van der Waals surface area contributed by atoms with E-state index in [0.717, 1.165) is 29.4 Å². The number of benzene rings is 6. The lowest BCUT2D eigenvalue weighted by atomic mass is 9.79. The van der Waals surface area contributed by atoms with E-state index in [9.17, 15) is 0 Å². The van der Waals surface area contributed by atoms with Crippen molar-refractivity contribution in [2.45, 2.75) is 113 Å². The number of rotatable bonds is 0. The minimum Gasteiger partial charge on any atom is -0.269 e. The van der Waals surface area contributed by atoms with Crippen LogP contribution in [0.25, 0.3) is 32.3 Å². The summed E-state index contributed by atoms with van der Waals surface area (Å²) in [5.41, 5.74) is 0.523. The SMILES string of the molecule is O=C1c2ccc3c4c5ccc(c24)C(=O)N1C1CCCCC1N1C(=O)c2ccc4c6c(ccc(c26)C1=O)C(=O)N(C4=O)C1CCCC[C@H]1N1C(=O)c2ccc4c6c(ccc(c26)C1=O)C(=O)N(C4=O)C1CCCCC1N(C3=O)C5=O. The summed E-state index contributed by atoms with van der Waals surface area (Å²) in [5, 5.41) is 0.685. The summed E-state index contributed by atoms with van der Waals surface area (Å²) in [6.45, 7) is 0. The Morgan fingerprint density at radius 3 is 0.397 bits per heavy atom. The summed E-state index contributed by atoms with van der Waals surface area (Å²) in [6.07, 6.45) is 4.74. The van der Waals surface area contributed by atoms with Crippen LogP contribution in [0.3, 0.4) is 0 Å². The summed E-state index contributed by atoms with van der Waals surface area (Å²) in [5.74, 6) is -8.74. The molecule has 78 heavy (non-hydrogen) atoms. The monoisotopic (exact) mass is 1040 g/mol. The molecular weight excluding hydrogens is 997 g/mol. The van der Waals surface area contributed by atoms with Gasteiger partial charge in [-0.3, -0.25) is 86.9 Å². The highest BCUT2D eigenvalue weighted by Gasteiger charge is 2.54. The number of hydrogen-bond donors (Lipinski definition) is 0. The van der Waals surface area contributed by atoms with Crippen molar-refractivity contribution in [1.82, 2.24) is 29.4 Å². The number of amides is 12. The van der Waals surface area contributed by atoms with Gasteiger partial charge in [0.05, 0.1) is 36.3 Å². The summed E-state index contributed by atoms with van der Waals surface area (Å²) in [6, 6.07) is 11.3. The van der Waals surface area contributed by atoms with Crippen LogP contribution in [-0.2, 0) is 0 Å². The maximum absolute atomic E-state index is 15.1. The fourth-order valence-corrected chi connectivity index (χ4v) is 15.6. The van der Waals surface area contributed by atoms with Crippen LogP contribution < -0.4 is 0 Å². The van der Waals surface area contributed by atoms with E-state index in [1.165, 1.54) is 72.8 Å². The van der Waals surface area contributed by atoms with E-state index in [1.54, 1.807) is 0 Å². The van der Waals surface area contributed by atoms with Gasteiger partial charge in [-0.2, -0.15) is 0 Å². The molecule has 0 saturated heterocycles. The molecule has 3 fully saturated rings. The van der Waals surface area contributed by atoms with Crippen LogP contribution in [0.4, 0.5) is 0 Å². The molecule has 24 heterocycles. The van der Waals surface area contributed by atoms with Gasteiger partial charge in [0.15, 0.2) is 0 Å². The third kappa shape index (κ3) is 5.32. The Hall–Kier alpha value is -9.06. The van der Waals surface area contributed by atoms with Crippen molar-refractivity contribution in [1.29, 1.82) is 0 Å². The van der Waals surface area contributed by atoms with E-state index in [1.807, 2.05) is 0 Å². The first kappa shape index (κ1) is 45.2. The molecule has 18 heteroatoms. The van der Waals surface area contributed by atoms with Gasteiger partial charge >= 0.3 is 0 Å². The Bertz CT molecular complexity index is 3250. The average molecular weight is 1040 g/mol. The third-order valence-electron chi connectivity index (χ3n) is 18.9. The van der Waals surface area contributed by atoms with Gasteiger partial charge in [0.1, 0.15) is 0 Å². The zero-order valence-electron chi connectivity index (χ0n) is 41.5. The molecule has 6 aromatic carbocycles. The molecule has 27 aliphatic rings. The molecule has 0 spiro atoms. The van der Waals surface area contributed by atoms with Crippen molar-refractivity contribution in [3.63, 3.8) is 0 Å². The first-order chi connectivity index (χ1) is 37.8. The molecule has 24 bridgehead atoms. The van der Waals surface area contributed by atoms with Crippen molar-refractivity contribution >= 4 is 103 Å². The van der Waals surface area contributed by atoms with Crippen LogP contribution in [-0.4, -0.2) is 137 Å². The Morgan fingerprint density at radius 1 is 0.192 bits per heavy atom. The van der Waals surface area contributed by atoms with E-state index < -0.39 is 107 Å². The molecular formula is C60H42N6O12. The molecule has 24 aliphatic heterocycles. The van der Waals surface area contributed by atoms with Crippen LogP contribution in [0.5, 0.6) is 0 Å². The molecule has 5 unspecified atom stereocenters. The van der Waals surface area contributed by atoms with E-state index in [2.05, 4.69) is 0 Å². The highest BCUT2D eigenvalue weighted by atomic mass is 16.2. The Morgan fingerprint density at radius 2 is 0.295 bits per heavy atom. The average Bonchev–Trinajstić information content (AvgIpc) is 3.48. The lowest BCUT2D eigenvalue weighted by molar-refractivity contribution is 0.0234. The summed E-state index contributed by atoms with van der Waals surface area (Å²) in [7, 11) is 0. The highest BCUT2D eigenvalue weighted by Crippen LogP contribution is 2.48. The van der Waals surface area contributed by atoms with Gasteiger partial charge in [-0.15, -0.1) is 0 Å². The van der Waals surface area contributed by atoms with E-state index in [4.69, 9.17) is 0 Å². The van der Waals surface area contributed by atoms with Gasteiger partial charge in [-0.25, -0.2) is 0 Å². The van der Waals surface area contributed by atoms with Crippen molar-refractivity contribution in [2.75, 3.05) is 0 Å².